The van der Waals surface area contributed by atoms with Crippen LogP contribution in [0.1, 0.15) is 35.9 Å². The van der Waals surface area contributed by atoms with Gasteiger partial charge in [-0.3, -0.25) is 4.68 Å². The van der Waals surface area contributed by atoms with Crippen LogP contribution >= 0.6 is 0 Å². The van der Waals surface area contributed by atoms with Gasteiger partial charge in [-0.05, 0) is 32.9 Å². The van der Waals surface area contributed by atoms with Crippen molar-refractivity contribution in [2.45, 2.75) is 26.8 Å². The molecule has 0 fully saturated rings. The first-order valence-electron chi connectivity index (χ1n) is 5.99. The molecule has 0 aliphatic carbocycles. The minimum atomic E-state index is -1.01. The highest BCUT2D eigenvalue weighted by molar-refractivity contribution is 5.93. The lowest BCUT2D eigenvalue weighted by atomic mass is 10.2. The Morgan fingerprint density at radius 3 is 2.74 bits per heavy atom. The normalized spacial score (nSPS) is 10.7. The average Bonchev–Trinajstić information content (AvgIpc) is 2.77. The molecule has 2 heterocycles. The molecule has 0 aliphatic rings. The lowest BCUT2D eigenvalue weighted by molar-refractivity contribution is 0.0697. The molecule has 0 amide bonds. The van der Waals surface area contributed by atoms with Crippen molar-refractivity contribution in [1.29, 1.82) is 0 Å². The highest BCUT2D eigenvalue weighted by atomic mass is 16.4. The second-order valence-electron chi connectivity index (χ2n) is 4.58. The zero-order valence-electron chi connectivity index (χ0n) is 11.1. The molecule has 2 aromatic rings. The van der Waals surface area contributed by atoms with E-state index in [0.29, 0.717) is 11.5 Å². The Bertz CT molecular complexity index is 604. The van der Waals surface area contributed by atoms with Crippen molar-refractivity contribution < 1.29 is 9.90 Å². The molecule has 0 unspecified atom stereocenters. The van der Waals surface area contributed by atoms with Crippen molar-refractivity contribution in [2.75, 3.05) is 5.32 Å². The lowest BCUT2D eigenvalue weighted by Gasteiger charge is -2.07. The maximum atomic E-state index is 11.1. The van der Waals surface area contributed by atoms with Crippen LogP contribution in [0.15, 0.2) is 24.5 Å². The first-order chi connectivity index (χ1) is 8.97. The van der Waals surface area contributed by atoms with Crippen LogP contribution in [0.3, 0.4) is 0 Å². The third-order valence-electron chi connectivity index (χ3n) is 2.66. The van der Waals surface area contributed by atoms with Crippen LogP contribution < -0.4 is 5.32 Å². The Labute approximate surface area is 111 Å². The summed E-state index contributed by atoms with van der Waals surface area (Å²) in [6.07, 6.45) is 3.47. The number of nitrogens with zero attached hydrogens (tertiary/aromatic N) is 3. The number of rotatable bonds is 4. The SMILES string of the molecule is Cc1ccc(C(=O)O)c(Nc2cnn(C(C)C)c2)n1. The Morgan fingerprint density at radius 1 is 1.42 bits per heavy atom. The molecule has 6 nitrogen and oxygen atoms in total. The summed E-state index contributed by atoms with van der Waals surface area (Å²) in [6.45, 7) is 5.85. The highest BCUT2D eigenvalue weighted by Crippen LogP contribution is 2.20. The Morgan fingerprint density at radius 2 is 2.16 bits per heavy atom. The average molecular weight is 260 g/mol. The molecule has 0 radical (unpaired) electrons. The van der Waals surface area contributed by atoms with E-state index in [4.69, 9.17) is 5.11 Å². The predicted octanol–water partition coefficient (Wildman–Crippen LogP) is 2.61. The number of anilines is 2. The third kappa shape index (κ3) is 2.90. The van der Waals surface area contributed by atoms with Gasteiger partial charge in [0.05, 0.1) is 11.9 Å². The van der Waals surface area contributed by atoms with Crippen molar-refractivity contribution in [3.05, 3.63) is 35.8 Å². The van der Waals surface area contributed by atoms with E-state index in [1.807, 2.05) is 27.0 Å². The molecular weight excluding hydrogens is 244 g/mol. The fourth-order valence-corrected chi connectivity index (χ4v) is 1.65. The molecule has 0 aliphatic heterocycles. The number of hydrogen-bond donors (Lipinski definition) is 2. The molecule has 0 bridgehead atoms. The van der Waals surface area contributed by atoms with Gasteiger partial charge in [-0.2, -0.15) is 5.10 Å². The summed E-state index contributed by atoms with van der Waals surface area (Å²) < 4.78 is 1.79. The van der Waals surface area contributed by atoms with Crippen molar-refractivity contribution in [2.24, 2.45) is 0 Å². The number of carbonyl (C=O) groups is 1. The molecule has 0 atom stereocenters. The largest absolute Gasteiger partial charge is 0.478 e. The Hall–Kier alpha value is -2.37. The lowest BCUT2D eigenvalue weighted by Crippen LogP contribution is -2.05. The van der Waals surface area contributed by atoms with Crippen molar-refractivity contribution in [1.82, 2.24) is 14.8 Å². The first-order valence-corrected chi connectivity index (χ1v) is 5.99. The van der Waals surface area contributed by atoms with Crippen LogP contribution in [-0.2, 0) is 0 Å². The van der Waals surface area contributed by atoms with Crippen LogP contribution in [-0.4, -0.2) is 25.8 Å². The molecule has 2 N–H and O–H groups in total. The number of aromatic nitrogens is 3. The van der Waals surface area contributed by atoms with Gasteiger partial charge in [0.1, 0.15) is 11.4 Å². The smallest absolute Gasteiger partial charge is 0.339 e. The van der Waals surface area contributed by atoms with Gasteiger partial charge < -0.3 is 10.4 Å². The van der Waals surface area contributed by atoms with Crippen molar-refractivity contribution >= 4 is 17.5 Å². The molecule has 19 heavy (non-hydrogen) atoms. The molecule has 0 saturated heterocycles. The Balaban J connectivity index is 2.31. The molecule has 100 valence electrons. The van der Waals surface area contributed by atoms with Crippen LogP contribution in [0.25, 0.3) is 0 Å². The highest BCUT2D eigenvalue weighted by Gasteiger charge is 2.12. The van der Waals surface area contributed by atoms with Gasteiger partial charge in [-0.25, -0.2) is 9.78 Å². The van der Waals surface area contributed by atoms with Gasteiger partial charge in [-0.15, -0.1) is 0 Å². The van der Waals surface area contributed by atoms with E-state index in [9.17, 15) is 4.79 Å². The predicted molar refractivity (Wildman–Crippen MR) is 71.8 cm³/mol. The van der Waals surface area contributed by atoms with Crippen LogP contribution in [0, 0.1) is 6.92 Å². The first kappa shape index (κ1) is 13.1. The van der Waals surface area contributed by atoms with E-state index in [2.05, 4.69) is 15.4 Å². The summed E-state index contributed by atoms with van der Waals surface area (Å²) in [5.74, 6) is -0.679. The molecular formula is C13H16N4O2. The summed E-state index contributed by atoms with van der Waals surface area (Å²) in [5, 5.41) is 16.3. The van der Waals surface area contributed by atoms with E-state index in [1.54, 1.807) is 23.0 Å². The minimum absolute atomic E-state index is 0.142. The molecule has 0 spiro atoms. The maximum absolute atomic E-state index is 11.1. The molecule has 2 rings (SSSR count). The summed E-state index contributed by atoms with van der Waals surface area (Å²) in [4.78, 5) is 15.4. The number of pyridine rings is 1. The number of carboxylic acids is 1. The van der Waals surface area contributed by atoms with Gasteiger partial charge >= 0.3 is 5.97 Å². The fraction of sp³-hybridized carbons (Fsp3) is 0.308. The van der Waals surface area contributed by atoms with E-state index in [-0.39, 0.29) is 11.6 Å². The van der Waals surface area contributed by atoms with E-state index in [1.165, 1.54) is 0 Å². The van der Waals surface area contributed by atoms with Gasteiger partial charge in [-0.1, -0.05) is 0 Å². The molecule has 6 heteroatoms. The van der Waals surface area contributed by atoms with Gasteiger partial charge in [0.2, 0.25) is 0 Å². The van der Waals surface area contributed by atoms with Gasteiger partial charge in [0, 0.05) is 17.9 Å². The van der Waals surface area contributed by atoms with Gasteiger partial charge in [0.25, 0.3) is 0 Å². The number of aryl methyl sites for hydroxylation is 1. The zero-order chi connectivity index (χ0) is 14.0. The number of aromatic carboxylic acids is 1. The van der Waals surface area contributed by atoms with Crippen LogP contribution in [0.2, 0.25) is 0 Å². The monoisotopic (exact) mass is 260 g/mol. The fourth-order valence-electron chi connectivity index (χ4n) is 1.65. The van der Waals surface area contributed by atoms with Crippen LogP contribution in [0.4, 0.5) is 11.5 Å². The van der Waals surface area contributed by atoms with E-state index in [0.717, 1.165) is 5.69 Å². The summed E-state index contributed by atoms with van der Waals surface area (Å²) in [7, 11) is 0. The summed E-state index contributed by atoms with van der Waals surface area (Å²) >= 11 is 0. The topological polar surface area (TPSA) is 80.0 Å². The third-order valence-corrected chi connectivity index (χ3v) is 2.66. The zero-order valence-corrected chi connectivity index (χ0v) is 11.1. The second kappa shape index (κ2) is 5.09. The standard InChI is InChI=1S/C13H16N4O2/c1-8(2)17-7-10(6-14-17)16-12-11(13(18)19)5-4-9(3)15-12/h4-8H,1-3H3,(H,15,16)(H,18,19). The minimum Gasteiger partial charge on any atom is -0.478 e. The van der Waals surface area contributed by atoms with Crippen molar-refractivity contribution in [3.63, 3.8) is 0 Å². The van der Waals surface area contributed by atoms with Crippen LogP contribution in [0.5, 0.6) is 0 Å². The second-order valence-corrected chi connectivity index (χ2v) is 4.58. The van der Waals surface area contributed by atoms with Gasteiger partial charge in [0.15, 0.2) is 0 Å². The number of hydrogen-bond acceptors (Lipinski definition) is 4. The summed E-state index contributed by atoms with van der Waals surface area (Å²) in [6, 6.07) is 3.46. The maximum Gasteiger partial charge on any atom is 0.339 e. The Kier molecular flexibility index (Phi) is 3.50. The quantitative estimate of drug-likeness (QED) is 0.883. The van der Waals surface area contributed by atoms with E-state index >= 15 is 0 Å². The number of nitrogens with one attached hydrogen (secondary N) is 1. The molecule has 2 aromatic heterocycles. The number of carboxylic acid groups (broad SMARTS) is 1. The molecule has 0 aromatic carbocycles. The summed E-state index contributed by atoms with van der Waals surface area (Å²) in [5.41, 5.74) is 1.61. The molecule has 0 saturated carbocycles. The van der Waals surface area contributed by atoms with E-state index < -0.39 is 5.97 Å². The van der Waals surface area contributed by atoms with Crippen molar-refractivity contribution in [3.8, 4) is 0 Å².